The lowest BCUT2D eigenvalue weighted by Crippen LogP contribution is -2.20. The molecule has 0 heterocycles. The van der Waals surface area contributed by atoms with Crippen LogP contribution in [0.1, 0.15) is 76.2 Å². The lowest BCUT2D eigenvalue weighted by Gasteiger charge is -2.34. The molecule has 1 atom stereocenters. The first kappa shape index (κ1) is 18.0. The maximum absolute atomic E-state index is 4.00. The van der Waals surface area contributed by atoms with Gasteiger partial charge in [0, 0.05) is 3.57 Å². The maximum Gasteiger partial charge on any atom is 0.0130 e. The summed E-state index contributed by atoms with van der Waals surface area (Å²) in [6.07, 6.45) is 14.7. The van der Waals surface area contributed by atoms with E-state index >= 15 is 0 Å². The van der Waals surface area contributed by atoms with Crippen LogP contribution in [0.25, 0.3) is 0 Å². The molecular formula is C21H31I. The van der Waals surface area contributed by atoms with Crippen LogP contribution in [0.3, 0.4) is 0 Å². The molecule has 1 unspecified atom stereocenters. The van der Waals surface area contributed by atoms with Gasteiger partial charge in [-0.15, -0.1) is 6.58 Å². The standard InChI is InChI=1S/C21H31I/c1-3-5-6-8-17-9-11-18(12-10-17)21(7-4-2)19-13-15-20(22)16-14-19/h4,13-18,21H,2-3,5-12H2,1H3/t17-,18-,21?. The molecule has 0 N–H and O–H groups in total. The molecule has 0 radical (unpaired) electrons. The van der Waals surface area contributed by atoms with Crippen molar-refractivity contribution >= 4 is 22.6 Å². The molecule has 1 fully saturated rings. The van der Waals surface area contributed by atoms with Crippen molar-refractivity contribution in [2.75, 3.05) is 0 Å². The number of benzene rings is 1. The van der Waals surface area contributed by atoms with Gasteiger partial charge in [-0.05, 0) is 77.3 Å². The van der Waals surface area contributed by atoms with E-state index in [0.29, 0.717) is 5.92 Å². The number of halogens is 1. The van der Waals surface area contributed by atoms with Crippen molar-refractivity contribution in [1.82, 2.24) is 0 Å². The predicted octanol–water partition coefficient (Wildman–Crippen LogP) is 7.34. The zero-order valence-electron chi connectivity index (χ0n) is 14.1. The molecular weight excluding hydrogens is 379 g/mol. The fourth-order valence-corrected chi connectivity index (χ4v) is 4.41. The number of hydrogen-bond acceptors (Lipinski definition) is 0. The summed E-state index contributed by atoms with van der Waals surface area (Å²) in [6.45, 7) is 6.31. The largest absolute Gasteiger partial charge is 0.103 e. The Morgan fingerprint density at radius 1 is 1.14 bits per heavy atom. The number of hydrogen-bond donors (Lipinski definition) is 0. The first-order chi connectivity index (χ1) is 10.7. The Balaban J connectivity index is 1.91. The second-order valence-corrected chi connectivity index (χ2v) is 8.20. The molecule has 1 aromatic carbocycles. The normalized spacial score (nSPS) is 23.2. The van der Waals surface area contributed by atoms with Gasteiger partial charge in [-0.3, -0.25) is 0 Å². The van der Waals surface area contributed by atoms with E-state index in [9.17, 15) is 0 Å². The van der Waals surface area contributed by atoms with Crippen LogP contribution in [0.4, 0.5) is 0 Å². The van der Waals surface area contributed by atoms with Crippen molar-refractivity contribution in [3.05, 3.63) is 46.1 Å². The zero-order chi connectivity index (χ0) is 15.8. The van der Waals surface area contributed by atoms with Crippen LogP contribution in [0.5, 0.6) is 0 Å². The molecule has 0 saturated heterocycles. The van der Waals surface area contributed by atoms with Crippen LogP contribution in [-0.4, -0.2) is 0 Å². The quantitative estimate of drug-likeness (QED) is 0.239. The van der Waals surface area contributed by atoms with Gasteiger partial charge in [-0.1, -0.05) is 63.7 Å². The third-order valence-corrected chi connectivity index (χ3v) is 6.11. The number of rotatable bonds is 8. The van der Waals surface area contributed by atoms with Crippen LogP contribution < -0.4 is 0 Å². The van der Waals surface area contributed by atoms with Crippen LogP contribution in [0, 0.1) is 15.4 Å². The molecule has 0 spiro atoms. The molecule has 22 heavy (non-hydrogen) atoms. The van der Waals surface area contributed by atoms with Crippen LogP contribution >= 0.6 is 22.6 Å². The van der Waals surface area contributed by atoms with E-state index in [1.807, 2.05) is 0 Å². The van der Waals surface area contributed by atoms with Gasteiger partial charge in [0.05, 0.1) is 0 Å². The van der Waals surface area contributed by atoms with Crippen molar-refractivity contribution in [3.8, 4) is 0 Å². The van der Waals surface area contributed by atoms with Gasteiger partial charge < -0.3 is 0 Å². The highest BCUT2D eigenvalue weighted by Crippen LogP contribution is 2.41. The van der Waals surface area contributed by atoms with Gasteiger partial charge in [-0.2, -0.15) is 0 Å². The Morgan fingerprint density at radius 2 is 1.82 bits per heavy atom. The minimum atomic E-state index is 0.686. The smallest absolute Gasteiger partial charge is 0.0130 e. The summed E-state index contributed by atoms with van der Waals surface area (Å²) in [4.78, 5) is 0. The summed E-state index contributed by atoms with van der Waals surface area (Å²) < 4.78 is 1.33. The number of allylic oxidation sites excluding steroid dienone is 1. The minimum Gasteiger partial charge on any atom is -0.103 e. The van der Waals surface area contributed by atoms with Gasteiger partial charge in [0.15, 0.2) is 0 Å². The fraction of sp³-hybridized carbons (Fsp3) is 0.619. The molecule has 122 valence electrons. The third kappa shape index (κ3) is 5.40. The molecule has 1 saturated carbocycles. The Bertz CT molecular complexity index is 426. The third-order valence-electron chi connectivity index (χ3n) is 5.40. The van der Waals surface area contributed by atoms with Gasteiger partial charge in [0.25, 0.3) is 0 Å². The number of unbranched alkanes of at least 4 members (excludes halogenated alkanes) is 2. The molecule has 1 heteroatoms. The molecule has 0 aliphatic heterocycles. The van der Waals surface area contributed by atoms with E-state index < -0.39 is 0 Å². The van der Waals surface area contributed by atoms with Gasteiger partial charge in [-0.25, -0.2) is 0 Å². The van der Waals surface area contributed by atoms with Crippen molar-refractivity contribution < 1.29 is 0 Å². The van der Waals surface area contributed by atoms with Crippen molar-refractivity contribution in [3.63, 3.8) is 0 Å². The summed E-state index contributed by atoms with van der Waals surface area (Å²) in [5.41, 5.74) is 1.52. The first-order valence-corrected chi connectivity index (χ1v) is 10.2. The van der Waals surface area contributed by atoms with Gasteiger partial charge in [0.1, 0.15) is 0 Å². The van der Waals surface area contributed by atoms with Crippen LogP contribution in [0.15, 0.2) is 36.9 Å². The Morgan fingerprint density at radius 3 is 2.41 bits per heavy atom. The lowest BCUT2D eigenvalue weighted by molar-refractivity contribution is 0.230. The highest BCUT2D eigenvalue weighted by molar-refractivity contribution is 14.1. The summed E-state index contributed by atoms with van der Waals surface area (Å²) >= 11 is 2.39. The SMILES string of the molecule is C=CCC(c1ccc(I)cc1)[C@H]1CC[C@H](CCCCC)CC1. The second-order valence-electron chi connectivity index (χ2n) is 6.96. The van der Waals surface area contributed by atoms with Crippen molar-refractivity contribution in [2.45, 2.75) is 70.6 Å². The maximum atomic E-state index is 4.00. The average Bonchev–Trinajstić information content (AvgIpc) is 2.55. The Kier molecular flexibility index (Phi) is 7.99. The van der Waals surface area contributed by atoms with E-state index in [2.05, 4.69) is 66.4 Å². The molecule has 0 bridgehead atoms. The van der Waals surface area contributed by atoms with E-state index in [-0.39, 0.29) is 0 Å². The molecule has 0 aromatic heterocycles. The average molecular weight is 410 g/mol. The summed E-state index contributed by atoms with van der Waals surface area (Å²) in [7, 11) is 0. The summed E-state index contributed by atoms with van der Waals surface area (Å²) in [6, 6.07) is 9.18. The lowest BCUT2D eigenvalue weighted by atomic mass is 9.71. The van der Waals surface area contributed by atoms with Crippen LogP contribution in [-0.2, 0) is 0 Å². The Labute approximate surface area is 150 Å². The van der Waals surface area contributed by atoms with E-state index in [1.165, 1.54) is 60.5 Å². The molecule has 1 aromatic rings. The van der Waals surface area contributed by atoms with E-state index in [1.54, 1.807) is 0 Å². The first-order valence-electron chi connectivity index (χ1n) is 9.11. The molecule has 0 amide bonds. The zero-order valence-corrected chi connectivity index (χ0v) is 16.2. The molecule has 0 nitrogen and oxygen atoms in total. The second kappa shape index (κ2) is 9.75. The van der Waals surface area contributed by atoms with E-state index in [0.717, 1.165) is 18.3 Å². The Hall–Kier alpha value is -0.310. The predicted molar refractivity (Wildman–Crippen MR) is 106 cm³/mol. The fourth-order valence-electron chi connectivity index (χ4n) is 4.05. The summed E-state index contributed by atoms with van der Waals surface area (Å²) in [5, 5.41) is 0. The summed E-state index contributed by atoms with van der Waals surface area (Å²) in [5.74, 6) is 2.55. The molecule has 1 aliphatic carbocycles. The monoisotopic (exact) mass is 410 g/mol. The highest BCUT2D eigenvalue weighted by atomic mass is 127. The molecule has 2 rings (SSSR count). The van der Waals surface area contributed by atoms with Gasteiger partial charge in [0.2, 0.25) is 0 Å². The minimum absolute atomic E-state index is 0.686. The van der Waals surface area contributed by atoms with Crippen LogP contribution in [0.2, 0.25) is 0 Å². The van der Waals surface area contributed by atoms with Gasteiger partial charge >= 0.3 is 0 Å². The molecule has 1 aliphatic rings. The topological polar surface area (TPSA) is 0 Å². The van der Waals surface area contributed by atoms with E-state index in [4.69, 9.17) is 0 Å². The van der Waals surface area contributed by atoms with Crippen molar-refractivity contribution in [1.29, 1.82) is 0 Å². The van der Waals surface area contributed by atoms with Crippen molar-refractivity contribution in [2.24, 2.45) is 11.8 Å². The highest BCUT2D eigenvalue weighted by Gasteiger charge is 2.27.